The lowest BCUT2D eigenvalue weighted by Crippen LogP contribution is -2.25. The highest BCUT2D eigenvalue weighted by Crippen LogP contribution is 2.31. The second kappa shape index (κ2) is 9.94. The molecule has 2 rings (SSSR count). The van der Waals surface area contributed by atoms with Gasteiger partial charge in [-0.25, -0.2) is 0 Å². The van der Waals surface area contributed by atoms with Crippen LogP contribution in [0.3, 0.4) is 0 Å². The van der Waals surface area contributed by atoms with E-state index in [-0.39, 0.29) is 11.8 Å². The standard InChI is InChI=1S/C20H23ClN2O4/c1-13-10-17(18(27-3)12-16(13)21)23-20(25)15-7-4-6-14(11-15)19(24)22-8-5-9-26-2/h4,6-7,10-12H,5,8-9H2,1-3H3,(H,22,24)(H,23,25). The van der Waals surface area contributed by atoms with Crippen molar-refractivity contribution in [3.8, 4) is 5.75 Å². The molecule has 0 saturated carbocycles. The van der Waals surface area contributed by atoms with Gasteiger partial charge in [0.15, 0.2) is 0 Å². The molecule has 0 aliphatic rings. The zero-order valence-electron chi connectivity index (χ0n) is 15.6. The summed E-state index contributed by atoms with van der Waals surface area (Å²) in [5, 5.41) is 6.15. The van der Waals surface area contributed by atoms with E-state index in [1.165, 1.54) is 7.11 Å². The summed E-state index contributed by atoms with van der Waals surface area (Å²) in [6, 6.07) is 9.92. The van der Waals surface area contributed by atoms with Crippen LogP contribution in [0.5, 0.6) is 5.75 Å². The van der Waals surface area contributed by atoms with Crippen LogP contribution in [0.2, 0.25) is 5.02 Å². The third-order valence-electron chi connectivity index (χ3n) is 3.93. The number of amides is 2. The zero-order chi connectivity index (χ0) is 19.8. The van der Waals surface area contributed by atoms with Crippen LogP contribution in [0.15, 0.2) is 36.4 Å². The first-order valence-corrected chi connectivity index (χ1v) is 8.86. The van der Waals surface area contributed by atoms with E-state index >= 15 is 0 Å². The quantitative estimate of drug-likeness (QED) is 0.674. The monoisotopic (exact) mass is 390 g/mol. The molecular formula is C20H23ClN2O4. The average molecular weight is 391 g/mol. The van der Waals surface area contributed by atoms with E-state index in [4.69, 9.17) is 21.1 Å². The highest BCUT2D eigenvalue weighted by molar-refractivity contribution is 6.31. The highest BCUT2D eigenvalue weighted by Gasteiger charge is 2.14. The van der Waals surface area contributed by atoms with Crippen LogP contribution < -0.4 is 15.4 Å². The first kappa shape index (κ1) is 20.7. The molecule has 2 aromatic rings. The Morgan fingerprint density at radius 3 is 2.44 bits per heavy atom. The van der Waals surface area contributed by atoms with Crippen LogP contribution in [0.4, 0.5) is 5.69 Å². The molecule has 0 spiro atoms. The van der Waals surface area contributed by atoms with E-state index in [2.05, 4.69) is 10.6 Å². The molecule has 0 aliphatic heterocycles. The van der Waals surface area contributed by atoms with E-state index in [0.717, 1.165) is 12.0 Å². The van der Waals surface area contributed by atoms with Gasteiger partial charge in [0.2, 0.25) is 0 Å². The third-order valence-corrected chi connectivity index (χ3v) is 4.33. The van der Waals surface area contributed by atoms with E-state index in [0.29, 0.717) is 40.7 Å². The maximum Gasteiger partial charge on any atom is 0.255 e. The lowest BCUT2D eigenvalue weighted by atomic mass is 10.1. The number of rotatable bonds is 8. The van der Waals surface area contributed by atoms with Gasteiger partial charge in [0.1, 0.15) is 5.75 Å². The van der Waals surface area contributed by atoms with Crippen molar-refractivity contribution in [3.63, 3.8) is 0 Å². The first-order chi connectivity index (χ1) is 13.0. The molecule has 27 heavy (non-hydrogen) atoms. The molecule has 0 radical (unpaired) electrons. The maximum atomic E-state index is 12.6. The van der Waals surface area contributed by atoms with Gasteiger partial charge >= 0.3 is 0 Å². The number of nitrogens with one attached hydrogen (secondary N) is 2. The van der Waals surface area contributed by atoms with E-state index in [1.54, 1.807) is 43.5 Å². The van der Waals surface area contributed by atoms with Crippen molar-refractivity contribution in [1.82, 2.24) is 5.32 Å². The fraction of sp³-hybridized carbons (Fsp3) is 0.300. The molecule has 0 bridgehead atoms. The number of hydrogen-bond acceptors (Lipinski definition) is 4. The second-order valence-corrected chi connectivity index (χ2v) is 6.35. The summed E-state index contributed by atoms with van der Waals surface area (Å²) < 4.78 is 10.2. The van der Waals surface area contributed by atoms with Crippen molar-refractivity contribution in [2.45, 2.75) is 13.3 Å². The number of ether oxygens (including phenoxy) is 2. The van der Waals surface area contributed by atoms with Crippen LogP contribution in [0, 0.1) is 6.92 Å². The number of carbonyl (C=O) groups is 2. The van der Waals surface area contributed by atoms with Crippen LogP contribution in [0.1, 0.15) is 32.7 Å². The lowest BCUT2D eigenvalue weighted by molar-refractivity contribution is 0.0948. The molecule has 7 heteroatoms. The van der Waals surface area contributed by atoms with E-state index in [9.17, 15) is 9.59 Å². The maximum absolute atomic E-state index is 12.6. The molecule has 2 aromatic carbocycles. The molecule has 2 N–H and O–H groups in total. The largest absolute Gasteiger partial charge is 0.495 e. The highest BCUT2D eigenvalue weighted by atomic mass is 35.5. The number of aryl methyl sites for hydroxylation is 1. The Morgan fingerprint density at radius 1 is 1.07 bits per heavy atom. The van der Waals surface area contributed by atoms with Gasteiger partial charge in [-0.3, -0.25) is 9.59 Å². The number of carbonyl (C=O) groups excluding carboxylic acids is 2. The van der Waals surface area contributed by atoms with Gasteiger partial charge in [0.05, 0.1) is 12.8 Å². The SMILES string of the molecule is COCCCNC(=O)c1cccc(C(=O)Nc2cc(C)c(Cl)cc2OC)c1. The predicted octanol–water partition coefficient (Wildman–Crippen LogP) is 3.68. The summed E-state index contributed by atoms with van der Waals surface area (Å²) in [4.78, 5) is 24.8. The minimum Gasteiger partial charge on any atom is -0.495 e. The smallest absolute Gasteiger partial charge is 0.255 e. The molecule has 0 saturated heterocycles. The molecule has 0 unspecified atom stereocenters. The minimum absolute atomic E-state index is 0.235. The molecule has 0 aliphatic carbocycles. The number of hydrogen-bond donors (Lipinski definition) is 2. The fourth-order valence-electron chi connectivity index (χ4n) is 2.45. The normalized spacial score (nSPS) is 10.4. The van der Waals surface area contributed by atoms with E-state index < -0.39 is 0 Å². The number of benzene rings is 2. The summed E-state index contributed by atoms with van der Waals surface area (Å²) in [6.07, 6.45) is 0.720. The Hall–Kier alpha value is -2.57. The number of halogens is 1. The summed E-state index contributed by atoms with van der Waals surface area (Å²) >= 11 is 6.09. The van der Waals surface area contributed by atoms with Crippen molar-refractivity contribution in [2.75, 3.05) is 32.7 Å². The minimum atomic E-state index is -0.343. The van der Waals surface area contributed by atoms with Crippen molar-refractivity contribution in [1.29, 1.82) is 0 Å². The summed E-state index contributed by atoms with van der Waals surface area (Å²) in [5.74, 6) is -0.115. The first-order valence-electron chi connectivity index (χ1n) is 8.49. The number of methoxy groups -OCH3 is 2. The van der Waals surface area contributed by atoms with Gasteiger partial charge in [0.25, 0.3) is 11.8 Å². The average Bonchev–Trinajstić information content (AvgIpc) is 2.67. The second-order valence-electron chi connectivity index (χ2n) is 5.94. The molecule has 6 nitrogen and oxygen atoms in total. The predicted molar refractivity (Wildman–Crippen MR) is 106 cm³/mol. The zero-order valence-corrected chi connectivity index (χ0v) is 16.4. The van der Waals surface area contributed by atoms with Crippen molar-refractivity contribution < 1.29 is 19.1 Å². The van der Waals surface area contributed by atoms with Crippen LogP contribution >= 0.6 is 11.6 Å². The summed E-state index contributed by atoms with van der Waals surface area (Å²) in [6.45, 7) is 2.92. The summed E-state index contributed by atoms with van der Waals surface area (Å²) in [7, 11) is 3.12. The van der Waals surface area contributed by atoms with Gasteiger partial charge < -0.3 is 20.1 Å². The van der Waals surface area contributed by atoms with Gasteiger partial charge in [-0.05, 0) is 43.2 Å². The molecule has 0 aromatic heterocycles. The lowest BCUT2D eigenvalue weighted by Gasteiger charge is -2.13. The Kier molecular flexibility index (Phi) is 7.64. The Balaban J connectivity index is 2.11. The van der Waals surface area contributed by atoms with Gasteiger partial charge in [-0.1, -0.05) is 17.7 Å². The number of anilines is 1. The fourth-order valence-corrected chi connectivity index (χ4v) is 2.60. The van der Waals surface area contributed by atoms with E-state index in [1.807, 2.05) is 6.92 Å². The van der Waals surface area contributed by atoms with Gasteiger partial charge in [-0.2, -0.15) is 0 Å². The molecule has 144 valence electrons. The van der Waals surface area contributed by atoms with Gasteiger partial charge in [-0.15, -0.1) is 0 Å². The topological polar surface area (TPSA) is 76.7 Å². The Bertz CT molecular complexity index is 824. The molecule has 0 heterocycles. The van der Waals surface area contributed by atoms with Crippen LogP contribution in [-0.4, -0.2) is 39.2 Å². The molecule has 0 atom stereocenters. The van der Waals surface area contributed by atoms with Crippen molar-refractivity contribution >= 4 is 29.1 Å². The van der Waals surface area contributed by atoms with Gasteiger partial charge in [0, 0.05) is 42.5 Å². The molecular weight excluding hydrogens is 368 g/mol. The third kappa shape index (κ3) is 5.70. The Morgan fingerprint density at radius 2 is 1.78 bits per heavy atom. The molecule has 0 fully saturated rings. The van der Waals surface area contributed by atoms with Crippen molar-refractivity contribution in [2.24, 2.45) is 0 Å². The van der Waals surface area contributed by atoms with Crippen LogP contribution in [0.25, 0.3) is 0 Å². The Labute approximate surface area is 163 Å². The summed E-state index contributed by atoms with van der Waals surface area (Å²) in [5.41, 5.74) is 2.12. The molecule has 2 amide bonds. The van der Waals surface area contributed by atoms with Crippen LogP contribution in [-0.2, 0) is 4.74 Å². The van der Waals surface area contributed by atoms with Crippen molar-refractivity contribution in [3.05, 3.63) is 58.1 Å².